The Labute approximate surface area is 150 Å². The minimum Gasteiger partial charge on any atom is -0.452 e. The molecular weight excluding hydrogens is 341 g/mol. The second kappa shape index (κ2) is 8.42. The highest BCUT2D eigenvalue weighted by Gasteiger charge is 2.20. The van der Waals surface area contributed by atoms with Gasteiger partial charge in [0.05, 0.1) is 0 Å². The number of benzene rings is 1. The molecule has 1 aromatic carbocycles. The summed E-state index contributed by atoms with van der Waals surface area (Å²) in [6.45, 7) is 4.98. The molecule has 1 aromatic heterocycles. The number of carbonyl (C=O) groups excluding carboxylic acids is 2. The Morgan fingerprint density at radius 3 is 2.58 bits per heavy atom. The molecule has 2 aromatic rings. The number of hydrogen-bond donors (Lipinski definition) is 0. The van der Waals surface area contributed by atoms with Crippen molar-refractivity contribution in [1.82, 2.24) is 4.90 Å². The first-order valence-corrected chi connectivity index (χ1v) is 8.12. The zero-order valence-corrected chi connectivity index (χ0v) is 14.9. The number of aryl methyl sites for hydroxylation is 2. The molecule has 7 heteroatoms. The Bertz CT molecular complexity index is 848. The summed E-state index contributed by atoms with van der Waals surface area (Å²) in [7, 11) is 0. The first kappa shape index (κ1) is 19.4. The van der Waals surface area contributed by atoms with Crippen molar-refractivity contribution in [3.05, 3.63) is 69.0 Å². The van der Waals surface area contributed by atoms with Gasteiger partial charge in [-0.25, -0.2) is 14.0 Å². The lowest BCUT2D eigenvalue weighted by Crippen LogP contribution is -2.34. The Morgan fingerprint density at radius 2 is 1.96 bits per heavy atom. The standard InChI is InChI=1S/C19H20FNO5/c1-4-21(10-14-6-5-7-15(20)9-14)16(22)11-25-19(24)18-12(2)8-17(23)26-13(18)3/h5-9H,4,10-11H2,1-3H3. The maximum Gasteiger partial charge on any atom is 0.342 e. The molecule has 26 heavy (non-hydrogen) atoms. The number of esters is 1. The molecule has 0 aliphatic carbocycles. The fraction of sp³-hybridized carbons (Fsp3) is 0.316. The van der Waals surface area contributed by atoms with Gasteiger partial charge in [0.25, 0.3) is 5.91 Å². The van der Waals surface area contributed by atoms with Crippen LogP contribution < -0.4 is 5.63 Å². The van der Waals surface area contributed by atoms with Gasteiger partial charge in [0.2, 0.25) is 0 Å². The molecule has 2 rings (SSSR count). The van der Waals surface area contributed by atoms with Crippen LogP contribution >= 0.6 is 0 Å². The van der Waals surface area contributed by atoms with Crippen molar-refractivity contribution in [2.75, 3.05) is 13.2 Å². The Kier molecular flexibility index (Phi) is 6.27. The van der Waals surface area contributed by atoms with E-state index in [2.05, 4.69) is 0 Å². The van der Waals surface area contributed by atoms with E-state index in [0.717, 1.165) is 0 Å². The summed E-state index contributed by atoms with van der Waals surface area (Å²) in [4.78, 5) is 37.2. The van der Waals surface area contributed by atoms with Crippen LogP contribution in [0.25, 0.3) is 0 Å². The van der Waals surface area contributed by atoms with Crippen molar-refractivity contribution < 1.29 is 23.1 Å². The van der Waals surface area contributed by atoms with Crippen LogP contribution in [-0.4, -0.2) is 29.9 Å². The molecule has 0 radical (unpaired) electrons. The molecule has 0 saturated carbocycles. The molecule has 0 aliphatic rings. The third-order valence-electron chi connectivity index (χ3n) is 3.86. The third-order valence-corrected chi connectivity index (χ3v) is 3.86. The lowest BCUT2D eigenvalue weighted by atomic mass is 10.1. The smallest absolute Gasteiger partial charge is 0.342 e. The van der Waals surface area contributed by atoms with E-state index in [9.17, 15) is 18.8 Å². The van der Waals surface area contributed by atoms with Gasteiger partial charge in [0.15, 0.2) is 6.61 Å². The molecule has 0 fully saturated rings. The van der Waals surface area contributed by atoms with Crippen LogP contribution in [0.4, 0.5) is 4.39 Å². The van der Waals surface area contributed by atoms with Crippen molar-refractivity contribution in [2.24, 2.45) is 0 Å². The molecule has 0 bridgehead atoms. The Hall–Kier alpha value is -2.96. The van der Waals surface area contributed by atoms with E-state index < -0.39 is 24.1 Å². The zero-order chi connectivity index (χ0) is 19.3. The first-order valence-electron chi connectivity index (χ1n) is 8.12. The van der Waals surface area contributed by atoms with Crippen LogP contribution in [0.1, 0.15) is 34.2 Å². The maximum absolute atomic E-state index is 13.3. The van der Waals surface area contributed by atoms with E-state index in [1.807, 2.05) is 0 Å². The summed E-state index contributed by atoms with van der Waals surface area (Å²) >= 11 is 0. The molecular formula is C19H20FNO5. The molecule has 1 heterocycles. The summed E-state index contributed by atoms with van der Waals surface area (Å²) in [5.41, 5.74) is 0.636. The number of ether oxygens (including phenoxy) is 1. The SMILES string of the molecule is CCN(Cc1cccc(F)c1)C(=O)COC(=O)c1c(C)cc(=O)oc1C. The number of amides is 1. The minimum absolute atomic E-state index is 0.130. The maximum atomic E-state index is 13.3. The van der Waals surface area contributed by atoms with E-state index >= 15 is 0 Å². The van der Waals surface area contributed by atoms with E-state index in [1.165, 1.54) is 30.0 Å². The monoisotopic (exact) mass is 361 g/mol. The number of hydrogen-bond acceptors (Lipinski definition) is 5. The van der Waals surface area contributed by atoms with Crippen LogP contribution in [0.5, 0.6) is 0 Å². The largest absolute Gasteiger partial charge is 0.452 e. The van der Waals surface area contributed by atoms with Gasteiger partial charge >= 0.3 is 11.6 Å². The van der Waals surface area contributed by atoms with Gasteiger partial charge < -0.3 is 14.1 Å². The fourth-order valence-electron chi connectivity index (χ4n) is 2.59. The highest BCUT2D eigenvalue weighted by Crippen LogP contribution is 2.13. The second-order valence-corrected chi connectivity index (χ2v) is 5.79. The quantitative estimate of drug-likeness (QED) is 0.739. The summed E-state index contributed by atoms with van der Waals surface area (Å²) in [6, 6.07) is 7.14. The molecule has 0 saturated heterocycles. The van der Waals surface area contributed by atoms with E-state index in [0.29, 0.717) is 17.7 Å². The number of nitrogens with zero attached hydrogens (tertiary/aromatic N) is 1. The highest BCUT2D eigenvalue weighted by atomic mass is 19.1. The van der Waals surface area contributed by atoms with Gasteiger partial charge in [0, 0.05) is 19.2 Å². The van der Waals surface area contributed by atoms with Crippen LogP contribution in [-0.2, 0) is 16.1 Å². The molecule has 0 N–H and O–H groups in total. The van der Waals surface area contributed by atoms with Crippen LogP contribution in [0.3, 0.4) is 0 Å². The summed E-state index contributed by atoms with van der Waals surface area (Å²) in [5, 5.41) is 0. The molecule has 138 valence electrons. The predicted octanol–water partition coefficient (Wildman–Crippen LogP) is 2.60. The summed E-state index contributed by atoms with van der Waals surface area (Å²) in [6.07, 6.45) is 0. The van der Waals surface area contributed by atoms with Crippen molar-refractivity contribution in [2.45, 2.75) is 27.3 Å². The number of likely N-dealkylation sites (N-methyl/N-ethyl adjacent to an activating group) is 1. The minimum atomic E-state index is -0.737. The van der Waals surface area contributed by atoms with Crippen LogP contribution in [0.2, 0.25) is 0 Å². The predicted molar refractivity (Wildman–Crippen MR) is 92.2 cm³/mol. The van der Waals surface area contributed by atoms with Crippen molar-refractivity contribution >= 4 is 11.9 Å². The van der Waals surface area contributed by atoms with E-state index in [-0.39, 0.29) is 23.7 Å². The summed E-state index contributed by atoms with van der Waals surface area (Å²) in [5.74, 6) is -1.38. The molecule has 6 nitrogen and oxygen atoms in total. The Morgan fingerprint density at radius 1 is 1.23 bits per heavy atom. The van der Waals surface area contributed by atoms with Crippen molar-refractivity contribution in [1.29, 1.82) is 0 Å². The van der Waals surface area contributed by atoms with E-state index in [4.69, 9.17) is 9.15 Å². The third kappa shape index (κ3) is 4.78. The molecule has 0 unspecified atom stereocenters. The number of carbonyl (C=O) groups is 2. The van der Waals surface area contributed by atoms with Gasteiger partial charge in [-0.05, 0) is 44.0 Å². The Balaban J connectivity index is 2.02. The second-order valence-electron chi connectivity index (χ2n) is 5.79. The average molecular weight is 361 g/mol. The van der Waals surface area contributed by atoms with Gasteiger partial charge in [-0.3, -0.25) is 4.79 Å². The van der Waals surface area contributed by atoms with Gasteiger partial charge in [-0.15, -0.1) is 0 Å². The topological polar surface area (TPSA) is 76.8 Å². The fourth-order valence-corrected chi connectivity index (χ4v) is 2.59. The van der Waals surface area contributed by atoms with Crippen LogP contribution in [0, 0.1) is 19.7 Å². The van der Waals surface area contributed by atoms with Crippen molar-refractivity contribution in [3.63, 3.8) is 0 Å². The van der Waals surface area contributed by atoms with E-state index in [1.54, 1.807) is 26.0 Å². The van der Waals surface area contributed by atoms with Crippen molar-refractivity contribution in [3.8, 4) is 0 Å². The number of halogens is 1. The summed E-state index contributed by atoms with van der Waals surface area (Å²) < 4.78 is 23.2. The average Bonchev–Trinajstić information content (AvgIpc) is 2.56. The molecule has 0 aliphatic heterocycles. The molecule has 0 spiro atoms. The first-order chi connectivity index (χ1) is 12.3. The lowest BCUT2D eigenvalue weighted by Gasteiger charge is -2.21. The highest BCUT2D eigenvalue weighted by molar-refractivity contribution is 5.93. The number of rotatable bonds is 6. The van der Waals surface area contributed by atoms with Gasteiger partial charge in [0.1, 0.15) is 17.1 Å². The van der Waals surface area contributed by atoms with Gasteiger partial charge in [-0.1, -0.05) is 12.1 Å². The van der Waals surface area contributed by atoms with Gasteiger partial charge in [-0.2, -0.15) is 0 Å². The molecule has 1 amide bonds. The lowest BCUT2D eigenvalue weighted by molar-refractivity contribution is -0.135. The zero-order valence-electron chi connectivity index (χ0n) is 14.9. The van der Waals surface area contributed by atoms with Crippen LogP contribution in [0.15, 0.2) is 39.5 Å². The molecule has 0 atom stereocenters. The normalized spacial score (nSPS) is 10.5.